The molecule has 3 heterocycles. The van der Waals surface area contributed by atoms with Gasteiger partial charge in [-0.3, -0.25) is 0 Å². The fourth-order valence-electron chi connectivity index (χ4n) is 8.87. The van der Waals surface area contributed by atoms with Gasteiger partial charge in [0.1, 0.15) is 0 Å². The summed E-state index contributed by atoms with van der Waals surface area (Å²) >= 11 is 0. The Morgan fingerprint density at radius 2 is 0.667 bits per heavy atom. The van der Waals surface area contributed by atoms with Crippen LogP contribution in [-0.4, -0.2) is 24.1 Å². The fraction of sp³-hybridized carbons (Fsp3) is 0. The number of hydrogen-bond acceptors (Lipinski definition) is 3. The van der Waals surface area contributed by atoms with E-state index >= 15 is 0 Å². The van der Waals surface area contributed by atoms with E-state index in [1.807, 2.05) is 6.07 Å². The second-order valence-corrected chi connectivity index (χ2v) is 15.3. The molecule has 0 aliphatic heterocycles. The van der Waals surface area contributed by atoms with E-state index in [-0.39, 0.29) is 0 Å². The van der Waals surface area contributed by atoms with E-state index in [9.17, 15) is 0 Å². The molecular weight excluding hydrogens is 731 g/mol. The summed E-state index contributed by atoms with van der Waals surface area (Å²) in [6.45, 7) is 0. The molecule has 5 heteroatoms. The average molecular weight is 766 g/mol. The second kappa shape index (κ2) is 13.8. The van der Waals surface area contributed by atoms with Gasteiger partial charge in [0.05, 0.1) is 22.1 Å². The third kappa shape index (κ3) is 5.59. The van der Waals surface area contributed by atoms with Gasteiger partial charge in [0, 0.05) is 49.6 Å². The number of fused-ring (bicyclic) bond motifs is 7. The molecule has 0 amide bonds. The van der Waals surface area contributed by atoms with Crippen molar-refractivity contribution in [3.8, 4) is 56.7 Å². The third-order valence-electron chi connectivity index (χ3n) is 11.8. The summed E-state index contributed by atoms with van der Waals surface area (Å²) in [5.74, 6) is 1.87. The van der Waals surface area contributed by atoms with Crippen molar-refractivity contribution in [1.82, 2.24) is 24.1 Å². The Balaban J connectivity index is 1.01. The van der Waals surface area contributed by atoms with Crippen LogP contribution < -0.4 is 0 Å². The third-order valence-corrected chi connectivity index (χ3v) is 11.8. The Morgan fingerprint density at radius 3 is 1.32 bits per heavy atom. The van der Waals surface area contributed by atoms with Crippen LogP contribution in [-0.2, 0) is 0 Å². The van der Waals surface area contributed by atoms with Gasteiger partial charge in [0.25, 0.3) is 0 Å². The quantitative estimate of drug-likeness (QED) is 0.169. The largest absolute Gasteiger partial charge is 0.309 e. The van der Waals surface area contributed by atoms with Crippen LogP contribution in [0.2, 0.25) is 0 Å². The van der Waals surface area contributed by atoms with Crippen molar-refractivity contribution in [2.75, 3.05) is 0 Å². The zero-order valence-electron chi connectivity index (χ0n) is 32.4. The number of hydrogen-bond donors (Lipinski definition) is 0. The summed E-state index contributed by atoms with van der Waals surface area (Å²) in [6, 6.07) is 75.1. The highest BCUT2D eigenvalue weighted by molar-refractivity contribution is 6.14. The standard InChI is InChI=1S/C55H35N5/c1-3-13-36(14-4-1)37-23-25-38(26-24-37)53-56-54(58-55(57-53)42-29-32-51-47(34-42)45-19-9-11-21-49(45)59(51)43-17-5-2-6-18-43)39-27-30-44(31-28-39)60-50-22-12-10-20-46(50)48-33-40-15-7-8-16-41(40)35-52(48)60/h1-35H. The lowest BCUT2D eigenvalue weighted by molar-refractivity contribution is 1.07. The number of para-hydroxylation sites is 3. The van der Waals surface area contributed by atoms with Crippen molar-refractivity contribution >= 4 is 54.4 Å². The smallest absolute Gasteiger partial charge is 0.164 e. The molecule has 0 bridgehead atoms. The predicted octanol–water partition coefficient (Wildman–Crippen LogP) is 13.9. The lowest BCUT2D eigenvalue weighted by atomic mass is 10.0. The van der Waals surface area contributed by atoms with Crippen LogP contribution in [0.5, 0.6) is 0 Å². The molecule has 0 saturated heterocycles. The highest BCUT2D eigenvalue weighted by atomic mass is 15.0. The first-order chi connectivity index (χ1) is 29.7. The van der Waals surface area contributed by atoms with E-state index in [0.717, 1.165) is 50.0 Å². The van der Waals surface area contributed by atoms with Crippen molar-refractivity contribution in [3.63, 3.8) is 0 Å². The van der Waals surface area contributed by atoms with Gasteiger partial charge in [-0.1, -0.05) is 133 Å². The van der Waals surface area contributed by atoms with E-state index in [2.05, 4.69) is 215 Å². The topological polar surface area (TPSA) is 48.5 Å². The minimum absolute atomic E-state index is 0.619. The van der Waals surface area contributed by atoms with Crippen molar-refractivity contribution in [1.29, 1.82) is 0 Å². The van der Waals surface area contributed by atoms with Gasteiger partial charge in [-0.2, -0.15) is 0 Å². The maximum atomic E-state index is 5.21. The van der Waals surface area contributed by atoms with Crippen molar-refractivity contribution in [2.24, 2.45) is 0 Å². The van der Waals surface area contributed by atoms with Gasteiger partial charge in [0.2, 0.25) is 0 Å². The molecule has 12 rings (SSSR count). The Kier molecular flexibility index (Phi) is 7.78. The normalized spacial score (nSPS) is 11.7. The number of rotatable bonds is 6. The Morgan fingerprint density at radius 1 is 0.250 bits per heavy atom. The van der Waals surface area contributed by atoms with E-state index in [1.54, 1.807) is 0 Å². The van der Waals surface area contributed by atoms with Crippen LogP contribution in [0.1, 0.15) is 0 Å². The van der Waals surface area contributed by atoms with Gasteiger partial charge >= 0.3 is 0 Å². The first-order valence-corrected chi connectivity index (χ1v) is 20.3. The zero-order chi connectivity index (χ0) is 39.6. The summed E-state index contributed by atoms with van der Waals surface area (Å²) in [7, 11) is 0. The summed E-state index contributed by atoms with van der Waals surface area (Å²) in [5, 5.41) is 7.25. The summed E-state index contributed by atoms with van der Waals surface area (Å²) in [4.78, 5) is 15.5. The SMILES string of the molecule is c1ccc(-c2ccc(-c3nc(-c4ccc(-n5c6ccccc6c6cc7ccccc7cc65)cc4)nc(-c4ccc5c(c4)c4ccccc4n5-c4ccccc4)n3)cc2)cc1. The van der Waals surface area contributed by atoms with Crippen molar-refractivity contribution in [3.05, 3.63) is 212 Å². The highest BCUT2D eigenvalue weighted by Crippen LogP contribution is 2.37. The molecule has 0 unspecified atom stereocenters. The summed E-state index contributed by atoms with van der Waals surface area (Å²) in [6.07, 6.45) is 0. The minimum Gasteiger partial charge on any atom is -0.309 e. The second-order valence-electron chi connectivity index (χ2n) is 15.3. The molecule has 0 N–H and O–H groups in total. The first kappa shape index (κ1) is 33.9. The van der Waals surface area contributed by atoms with Crippen LogP contribution >= 0.6 is 0 Å². The van der Waals surface area contributed by atoms with Crippen LogP contribution in [0, 0.1) is 0 Å². The Bertz CT molecular complexity index is 3570. The molecule has 9 aromatic carbocycles. The van der Waals surface area contributed by atoms with Gasteiger partial charge in [-0.05, 0) is 101 Å². The van der Waals surface area contributed by atoms with Crippen LogP contribution in [0.3, 0.4) is 0 Å². The van der Waals surface area contributed by atoms with Gasteiger partial charge in [-0.15, -0.1) is 0 Å². The lowest BCUT2D eigenvalue weighted by Gasteiger charge is -2.12. The first-order valence-electron chi connectivity index (χ1n) is 20.3. The van der Waals surface area contributed by atoms with E-state index in [4.69, 9.17) is 15.0 Å². The maximum Gasteiger partial charge on any atom is 0.164 e. The number of nitrogens with zero attached hydrogens (tertiary/aromatic N) is 5. The molecule has 3 aromatic heterocycles. The Labute approximate surface area is 346 Å². The fourth-order valence-corrected chi connectivity index (χ4v) is 8.87. The van der Waals surface area contributed by atoms with Crippen LogP contribution in [0.4, 0.5) is 0 Å². The maximum absolute atomic E-state index is 5.21. The molecule has 280 valence electrons. The monoisotopic (exact) mass is 765 g/mol. The van der Waals surface area contributed by atoms with Crippen LogP contribution in [0.25, 0.3) is 111 Å². The van der Waals surface area contributed by atoms with Gasteiger partial charge < -0.3 is 9.13 Å². The number of aromatic nitrogens is 5. The minimum atomic E-state index is 0.619. The molecule has 60 heavy (non-hydrogen) atoms. The van der Waals surface area contributed by atoms with E-state index in [1.165, 1.54) is 43.5 Å². The Hall–Kier alpha value is -8.15. The molecule has 0 saturated carbocycles. The summed E-state index contributed by atoms with van der Waals surface area (Å²) < 4.78 is 4.69. The van der Waals surface area contributed by atoms with Crippen molar-refractivity contribution < 1.29 is 0 Å². The zero-order valence-corrected chi connectivity index (χ0v) is 32.4. The molecule has 0 atom stereocenters. The molecule has 12 aromatic rings. The van der Waals surface area contributed by atoms with Crippen LogP contribution in [0.15, 0.2) is 212 Å². The van der Waals surface area contributed by atoms with E-state index in [0.29, 0.717) is 17.5 Å². The molecule has 0 aliphatic rings. The van der Waals surface area contributed by atoms with Gasteiger partial charge in [0.15, 0.2) is 17.5 Å². The molecule has 0 radical (unpaired) electrons. The average Bonchev–Trinajstić information content (AvgIpc) is 3.83. The summed E-state index contributed by atoms with van der Waals surface area (Å²) in [5.41, 5.74) is 11.9. The lowest BCUT2D eigenvalue weighted by Crippen LogP contribution is -2.01. The predicted molar refractivity (Wildman–Crippen MR) is 248 cm³/mol. The van der Waals surface area contributed by atoms with E-state index < -0.39 is 0 Å². The van der Waals surface area contributed by atoms with Crippen molar-refractivity contribution in [2.45, 2.75) is 0 Å². The van der Waals surface area contributed by atoms with Gasteiger partial charge in [-0.25, -0.2) is 15.0 Å². The highest BCUT2D eigenvalue weighted by Gasteiger charge is 2.18. The molecule has 0 aliphatic carbocycles. The molecule has 5 nitrogen and oxygen atoms in total. The molecule has 0 fully saturated rings. The molecule has 0 spiro atoms. The number of benzene rings is 9. The molecular formula is C55H35N5.